The molecule has 8 aliphatic heterocycles. The molecule has 10 aliphatic rings. The average molecular weight is 1120 g/mol. The van der Waals surface area contributed by atoms with E-state index < -0.39 is 5.60 Å². The monoisotopic (exact) mass is 1110 g/mol. The van der Waals surface area contributed by atoms with Crippen molar-refractivity contribution >= 4 is 42.0 Å². The molecule has 0 aromatic rings. The third-order valence-electron chi connectivity index (χ3n) is 18.6. The Morgan fingerprint density at radius 2 is 0.911 bits per heavy atom. The molecule has 0 bridgehead atoms. The number of hydrogen-bond donors (Lipinski definition) is 1. The van der Waals surface area contributed by atoms with Crippen LogP contribution in [0.25, 0.3) is 0 Å². The molecule has 0 aromatic heterocycles. The van der Waals surface area contributed by atoms with Crippen molar-refractivity contribution in [2.75, 3.05) is 120 Å². The molecule has 448 valence electrons. The van der Waals surface area contributed by atoms with Crippen molar-refractivity contribution in [2.45, 2.75) is 198 Å². The van der Waals surface area contributed by atoms with Gasteiger partial charge in [-0.15, -0.1) is 0 Å². The van der Waals surface area contributed by atoms with Crippen molar-refractivity contribution in [3.8, 4) is 0 Å². The Balaban J connectivity index is 0.000000159. The van der Waals surface area contributed by atoms with Crippen LogP contribution in [-0.4, -0.2) is 244 Å². The van der Waals surface area contributed by atoms with E-state index in [1.54, 1.807) is 16.7 Å². The molecule has 21 heteroatoms. The highest BCUT2D eigenvalue weighted by Crippen LogP contribution is 2.51. The number of Topliss-reactive ketones (excluding diaryl/α,β-unsaturated/α-hetero) is 1. The topological polar surface area (TPSA) is 210 Å². The van der Waals surface area contributed by atoms with Gasteiger partial charge in [0, 0.05) is 81.7 Å². The molecule has 1 N–H and O–H groups in total. The van der Waals surface area contributed by atoms with E-state index in [2.05, 4.69) is 24.9 Å². The van der Waals surface area contributed by atoms with Gasteiger partial charge in [-0.3, -0.25) is 33.9 Å². The molecule has 2 aliphatic carbocycles. The summed E-state index contributed by atoms with van der Waals surface area (Å²) < 4.78 is 30.3. The Morgan fingerprint density at radius 3 is 1.32 bits per heavy atom. The quantitative estimate of drug-likeness (QED) is 0.217. The molecule has 8 heterocycles. The van der Waals surface area contributed by atoms with E-state index in [1.165, 1.54) is 34.2 Å². The second-order valence-corrected chi connectivity index (χ2v) is 24.9. The van der Waals surface area contributed by atoms with Crippen molar-refractivity contribution in [2.24, 2.45) is 10.8 Å². The lowest BCUT2D eigenvalue weighted by atomic mass is 9.64. The van der Waals surface area contributed by atoms with E-state index in [1.807, 2.05) is 32.6 Å². The summed E-state index contributed by atoms with van der Waals surface area (Å²) in [5.74, 6) is 0.0852. The molecular formula is C58H98N8O13. The van der Waals surface area contributed by atoms with E-state index in [0.717, 1.165) is 155 Å². The number of hydrogen-bond acceptors (Lipinski definition) is 18. The number of nitrogens with one attached hydrogen (secondary N) is 1. The molecule has 0 aromatic carbocycles. The van der Waals surface area contributed by atoms with Crippen molar-refractivity contribution in [1.82, 2.24) is 39.6 Å². The summed E-state index contributed by atoms with van der Waals surface area (Å²) in [5.41, 5.74) is -0.0120. The van der Waals surface area contributed by atoms with Gasteiger partial charge in [0.15, 0.2) is 0 Å². The molecule has 79 heavy (non-hydrogen) atoms. The molecule has 3 amide bonds. The zero-order valence-electron chi connectivity index (χ0n) is 49.3. The van der Waals surface area contributed by atoms with E-state index >= 15 is 0 Å². The van der Waals surface area contributed by atoms with Crippen molar-refractivity contribution < 1.29 is 62.0 Å². The van der Waals surface area contributed by atoms with Crippen LogP contribution in [-0.2, 0) is 47.6 Å². The van der Waals surface area contributed by atoms with Gasteiger partial charge in [0.1, 0.15) is 29.5 Å². The highest BCUT2D eigenvalue weighted by atomic mass is 16.6. The molecule has 10 rings (SSSR count). The van der Waals surface area contributed by atoms with Crippen LogP contribution in [0.4, 0.5) is 14.4 Å². The normalized spacial score (nSPS) is 28.8. The van der Waals surface area contributed by atoms with Gasteiger partial charge in [0.25, 0.3) is 0 Å². The summed E-state index contributed by atoms with van der Waals surface area (Å²) >= 11 is 0. The number of piperidine rings is 3. The Labute approximate surface area is 470 Å². The van der Waals surface area contributed by atoms with E-state index in [9.17, 15) is 33.6 Å². The van der Waals surface area contributed by atoms with Crippen LogP contribution in [0, 0.1) is 10.8 Å². The predicted octanol–water partition coefficient (Wildman–Crippen LogP) is 5.70. The maximum Gasteiger partial charge on any atom is 0.410 e. The number of carbonyl (C=O) groups is 7. The Kier molecular flexibility index (Phi) is 22.5. The van der Waals surface area contributed by atoms with Gasteiger partial charge in [-0.1, -0.05) is 0 Å². The van der Waals surface area contributed by atoms with Gasteiger partial charge >= 0.3 is 36.2 Å². The van der Waals surface area contributed by atoms with Gasteiger partial charge in [0.05, 0.1) is 34.5 Å². The number of esters is 3. The first kappa shape index (κ1) is 62.3. The maximum absolute atomic E-state index is 12.1. The minimum atomic E-state index is -0.459. The highest BCUT2D eigenvalue weighted by Gasteiger charge is 2.52. The van der Waals surface area contributed by atoms with Gasteiger partial charge in [-0.05, 0) is 189 Å². The Hall–Kier alpha value is -4.31. The highest BCUT2D eigenvalue weighted by molar-refractivity contribution is 5.86. The van der Waals surface area contributed by atoms with Gasteiger partial charge in [0.2, 0.25) is 0 Å². The number of rotatable bonds is 9. The minimum Gasteiger partial charge on any atom is -0.468 e. The first-order valence-corrected chi connectivity index (χ1v) is 30.1. The largest absolute Gasteiger partial charge is 0.468 e. The third-order valence-corrected chi connectivity index (χ3v) is 18.6. The lowest BCUT2D eigenvalue weighted by Gasteiger charge is -2.52. The SMILES string of the molecule is CCOC(=O)N1CCC2(CC(=O)C2)C1.CCOC(=O)N1CCC2(CC(N3CCC(N4CCC[C@@H]4C(=O)OC)CC3)C2)C1.COC(=O)[C@H]1CCCN1C1CCN(C(=O)OC(C)(C)C)CC1.COC(=O)[C@H]1CCCN1C1CCNCC1. The number of nitrogens with zero attached hydrogens (tertiary/aromatic N) is 7. The van der Waals surface area contributed by atoms with Gasteiger partial charge in [-0.25, -0.2) is 14.4 Å². The van der Waals surface area contributed by atoms with E-state index in [0.29, 0.717) is 81.1 Å². The lowest BCUT2D eigenvalue weighted by molar-refractivity contribution is -0.147. The van der Waals surface area contributed by atoms with Crippen LogP contribution in [0.1, 0.15) is 150 Å². The molecule has 21 nitrogen and oxygen atoms in total. The summed E-state index contributed by atoms with van der Waals surface area (Å²) in [7, 11) is 4.44. The number of likely N-dealkylation sites (tertiary alicyclic amines) is 7. The van der Waals surface area contributed by atoms with Crippen LogP contribution in [0.5, 0.6) is 0 Å². The molecular weight excluding hydrogens is 1020 g/mol. The molecule has 2 spiro atoms. The first-order chi connectivity index (χ1) is 37.8. The fourth-order valence-electron chi connectivity index (χ4n) is 14.5. The summed E-state index contributed by atoms with van der Waals surface area (Å²) in [6, 6.07) is 2.01. The number of ether oxygens (including phenoxy) is 6. The lowest BCUT2D eigenvalue weighted by Crippen LogP contribution is -2.56. The standard InChI is InChI=1S/C21H35N3O4.C16H28N2O4.C11H20N2O2.C10H15NO3/c1-3-28-20(26)23-12-8-21(15-23)13-17(14-21)22-10-6-16(7-11-22)24-9-4-5-18(24)19(25)27-2;1-16(2,3)22-15(20)17-10-7-12(8-11-17)18-9-5-6-13(18)14(19)21-4;1-15-11(14)10-3-2-8-13(10)9-4-6-12-7-5-9;1-2-14-9(13)11-4-3-10(7-11)5-8(12)6-10/h16-18H,3-15H2,1-2H3;12-13H,5-11H2,1-4H3;9-10,12H,2-8H2,1H3;2-7H2,1H3/t17?,18-,21?;13-;10-;/m111./s1. The van der Waals surface area contributed by atoms with Crippen LogP contribution >= 0.6 is 0 Å². The fraction of sp³-hybridized carbons (Fsp3) is 0.879. The molecule has 0 unspecified atom stereocenters. The van der Waals surface area contributed by atoms with Crippen molar-refractivity contribution in [3.05, 3.63) is 0 Å². The average Bonchev–Trinajstić information content (AvgIpc) is 4.41. The third kappa shape index (κ3) is 16.2. The number of amides is 3. The van der Waals surface area contributed by atoms with Gasteiger partial charge < -0.3 is 53.3 Å². The summed E-state index contributed by atoms with van der Waals surface area (Å²) in [4.78, 5) is 96.9. The first-order valence-electron chi connectivity index (χ1n) is 30.1. The van der Waals surface area contributed by atoms with Crippen LogP contribution in [0.2, 0.25) is 0 Å². The van der Waals surface area contributed by atoms with Crippen LogP contribution in [0.15, 0.2) is 0 Å². The van der Waals surface area contributed by atoms with Crippen LogP contribution in [0.3, 0.4) is 0 Å². The fourth-order valence-corrected chi connectivity index (χ4v) is 14.5. The zero-order valence-corrected chi connectivity index (χ0v) is 49.3. The van der Waals surface area contributed by atoms with Gasteiger partial charge in [-0.2, -0.15) is 0 Å². The zero-order chi connectivity index (χ0) is 56.9. The second kappa shape index (κ2) is 28.6. The Morgan fingerprint density at radius 1 is 0.506 bits per heavy atom. The number of carbonyl (C=O) groups excluding carboxylic acids is 7. The summed E-state index contributed by atoms with van der Waals surface area (Å²) in [6.45, 7) is 22.1. The van der Waals surface area contributed by atoms with E-state index in [4.69, 9.17) is 28.4 Å². The molecule has 10 fully saturated rings. The summed E-state index contributed by atoms with van der Waals surface area (Å²) in [5, 5.41) is 3.35. The summed E-state index contributed by atoms with van der Waals surface area (Å²) in [6.07, 6.45) is 17.6. The smallest absolute Gasteiger partial charge is 0.410 e. The Bertz CT molecular complexity index is 2040. The molecule has 2 saturated carbocycles. The van der Waals surface area contributed by atoms with Crippen LogP contribution < -0.4 is 5.32 Å². The van der Waals surface area contributed by atoms with E-state index in [-0.39, 0.29) is 59.7 Å². The number of methoxy groups -OCH3 is 3. The van der Waals surface area contributed by atoms with Crippen molar-refractivity contribution in [1.29, 1.82) is 0 Å². The number of ketones is 1. The van der Waals surface area contributed by atoms with Crippen molar-refractivity contribution in [3.63, 3.8) is 0 Å². The maximum atomic E-state index is 12.1. The molecule has 3 atom stereocenters. The molecule has 8 saturated heterocycles. The predicted molar refractivity (Wildman–Crippen MR) is 295 cm³/mol. The second-order valence-electron chi connectivity index (χ2n) is 24.9. The minimum absolute atomic E-state index is 0.0260. The molecule has 0 radical (unpaired) electrons.